The van der Waals surface area contributed by atoms with Gasteiger partial charge in [0.15, 0.2) is 0 Å². The highest BCUT2D eigenvalue weighted by Gasteiger charge is 2.28. The van der Waals surface area contributed by atoms with Crippen molar-refractivity contribution in [3.05, 3.63) is 28.2 Å². The molecule has 1 heterocycles. The lowest BCUT2D eigenvalue weighted by atomic mass is 9.90. The molecule has 0 amide bonds. The van der Waals surface area contributed by atoms with Crippen LogP contribution in [0.15, 0.2) is 22.7 Å². The molecule has 0 aromatic heterocycles. The second kappa shape index (κ2) is 5.73. The van der Waals surface area contributed by atoms with Gasteiger partial charge in [-0.05, 0) is 52.9 Å². The molecule has 2 atom stereocenters. The van der Waals surface area contributed by atoms with E-state index in [0.717, 1.165) is 16.7 Å². The molecule has 3 nitrogen and oxygen atoms in total. The first kappa shape index (κ1) is 13.4. The van der Waals surface area contributed by atoms with Crippen LogP contribution in [-0.4, -0.2) is 19.1 Å². The molecule has 0 aliphatic carbocycles. The summed E-state index contributed by atoms with van der Waals surface area (Å²) in [5, 5.41) is 8.90. The minimum atomic E-state index is 0.392. The van der Waals surface area contributed by atoms with Crippen LogP contribution in [0.2, 0.25) is 0 Å². The number of nitrogens with two attached hydrogens (primary N) is 1. The summed E-state index contributed by atoms with van der Waals surface area (Å²) in [6.45, 7) is 3.98. The number of piperidine rings is 1. The number of rotatable bonds is 2. The van der Waals surface area contributed by atoms with Crippen molar-refractivity contribution < 1.29 is 0 Å². The van der Waals surface area contributed by atoms with Gasteiger partial charge in [0.1, 0.15) is 0 Å². The maximum Gasteiger partial charge on any atom is 0.0992 e. The van der Waals surface area contributed by atoms with Crippen LogP contribution < -0.4 is 10.6 Å². The summed E-state index contributed by atoms with van der Waals surface area (Å²) in [7, 11) is 0. The molecule has 1 fully saturated rings. The second-order valence-electron chi connectivity index (χ2n) is 4.89. The van der Waals surface area contributed by atoms with E-state index in [-0.39, 0.29) is 0 Å². The van der Waals surface area contributed by atoms with E-state index in [4.69, 9.17) is 11.0 Å². The molecule has 96 valence electrons. The summed E-state index contributed by atoms with van der Waals surface area (Å²) in [5.74, 6) is 0.617. The summed E-state index contributed by atoms with van der Waals surface area (Å²) in [5.41, 5.74) is 7.75. The predicted octanol–water partition coefficient (Wildman–Crippen LogP) is 2.88. The average Bonchev–Trinajstić information content (AvgIpc) is 2.38. The van der Waals surface area contributed by atoms with Crippen LogP contribution in [0.25, 0.3) is 0 Å². The summed E-state index contributed by atoms with van der Waals surface area (Å²) < 4.78 is 0.981. The highest BCUT2D eigenvalue weighted by atomic mass is 79.9. The monoisotopic (exact) mass is 307 g/mol. The maximum absolute atomic E-state index is 8.90. The molecule has 1 aromatic rings. The largest absolute Gasteiger partial charge is 0.366 e. The van der Waals surface area contributed by atoms with Crippen molar-refractivity contribution in [3.63, 3.8) is 0 Å². The Kier molecular flexibility index (Phi) is 4.26. The van der Waals surface area contributed by atoms with E-state index in [1.807, 2.05) is 18.2 Å². The second-order valence-corrected chi connectivity index (χ2v) is 5.75. The Labute approximate surface area is 117 Å². The van der Waals surface area contributed by atoms with Crippen molar-refractivity contribution in [1.29, 1.82) is 5.26 Å². The molecule has 1 aromatic carbocycles. The molecule has 0 spiro atoms. The van der Waals surface area contributed by atoms with Crippen molar-refractivity contribution in [2.24, 2.45) is 11.7 Å². The molecule has 0 bridgehead atoms. The fourth-order valence-electron chi connectivity index (χ4n) is 2.72. The molecule has 1 saturated heterocycles. The van der Waals surface area contributed by atoms with Gasteiger partial charge in [0, 0.05) is 23.6 Å². The van der Waals surface area contributed by atoms with Gasteiger partial charge in [-0.3, -0.25) is 0 Å². The highest BCUT2D eigenvalue weighted by Crippen LogP contribution is 2.33. The molecule has 0 saturated carbocycles. The average molecular weight is 308 g/mol. The van der Waals surface area contributed by atoms with Gasteiger partial charge >= 0.3 is 0 Å². The Morgan fingerprint density at radius 2 is 2.33 bits per heavy atom. The van der Waals surface area contributed by atoms with Crippen LogP contribution in [0.4, 0.5) is 5.69 Å². The van der Waals surface area contributed by atoms with Crippen molar-refractivity contribution >= 4 is 21.6 Å². The fourth-order valence-corrected chi connectivity index (χ4v) is 3.32. The van der Waals surface area contributed by atoms with Gasteiger partial charge in [-0.25, -0.2) is 0 Å². The topological polar surface area (TPSA) is 53.0 Å². The number of hydrogen-bond donors (Lipinski definition) is 1. The molecule has 18 heavy (non-hydrogen) atoms. The number of halogens is 1. The molecule has 2 rings (SSSR count). The Balaban J connectivity index is 2.32. The first-order valence-electron chi connectivity index (χ1n) is 6.33. The quantitative estimate of drug-likeness (QED) is 0.914. The van der Waals surface area contributed by atoms with Crippen molar-refractivity contribution in [1.82, 2.24) is 0 Å². The smallest absolute Gasteiger partial charge is 0.0992 e. The third-order valence-corrected chi connectivity index (χ3v) is 4.38. The maximum atomic E-state index is 8.90. The van der Waals surface area contributed by atoms with Crippen LogP contribution in [-0.2, 0) is 0 Å². The lowest BCUT2D eigenvalue weighted by Crippen LogP contribution is -2.48. The van der Waals surface area contributed by atoms with Gasteiger partial charge in [0.2, 0.25) is 0 Å². The molecular weight excluding hydrogens is 290 g/mol. The normalized spacial score (nSPS) is 23.8. The molecule has 0 radical (unpaired) electrons. The Morgan fingerprint density at radius 3 is 2.94 bits per heavy atom. The number of anilines is 1. The lowest BCUT2D eigenvalue weighted by Gasteiger charge is -2.41. The van der Waals surface area contributed by atoms with Crippen LogP contribution in [0.5, 0.6) is 0 Å². The lowest BCUT2D eigenvalue weighted by molar-refractivity contribution is 0.349. The van der Waals surface area contributed by atoms with Crippen LogP contribution >= 0.6 is 15.9 Å². The van der Waals surface area contributed by atoms with Gasteiger partial charge in [-0.2, -0.15) is 5.26 Å². The van der Waals surface area contributed by atoms with E-state index in [0.29, 0.717) is 24.1 Å². The minimum Gasteiger partial charge on any atom is -0.366 e. The van der Waals surface area contributed by atoms with E-state index in [1.54, 1.807) is 0 Å². The fraction of sp³-hybridized carbons (Fsp3) is 0.500. The summed E-state index contributed by atoms with van der Waals surface area (Å²) in [6, 6.07) is 8.31. The molecule has 1 aliphatic rings. The zero-order valence-corrected chi connectivity index (χ0v) is 12.2. The standard InChI is InChI=1S/C14H18BrN3/c1-10-3-2-6-18(14(10)9-17)13-5-4-11(8-16)7-12(13)15/h4-5,7,10,14H,2-3,6,9,17H2,1H3. The molecule has 1 aliphatic heterocycles. The van der Waals surface area contributed by atoms with Crippen molar-refractivity contribution in [2.75, 3.05) is 18.0 Å². The Morgan fingerprint density at radius 1 is 1.56 bits per heavy atom. The highest BCUT2D eigenvalue weighted by molar-refractivity contribution is 9.10. The van der Waals surface area contributed by atoms with E-state index in [2.05, 4.69) is 33.8 Å². The number of benzene rings is 1. The molecule has 4 heteroatoms. The number of nitrogens with zero attached hydrogens (tertiary/aromatic N) is 2. The van der Waals surface area contributed by atoms with Gasteiger partial charge in [0.25, 0.3) is 0 Å². The Bertz CT molecular complexity index is 467. The van der Waals surface area contributed by atoms with Crippen LogP contribution in [0.3, 0.4) is 0 Å². The van der Waals surface area contributed by atoms with Crippen molar-refractivity contribution in [2.45, 2.75) is 25.8 Å². The van der Waals surface area contributed by atoms with Gasteiger partial charge in [-0.1, -0.05) is 6.92 Å². The van der Waals surface area contributed by atoms with Gasteiger partial charge < -0.3 is 10.6 Å². The van der Waals surface area contributed by atoms with E-state index in [9.17, 15) is 0 Å². The minimum absolute atomic E-state index is 0.392. The number of nitriles is 1. The van der Waals surface area contributed by atoms with E-state index in [1.165, 1.54) is 12.8 Å². The van der Waals surface area contributed by atoms with Gasteiger partial charge in [0.05, 0.1) is 17.3 Å². The predicted molar refractivity (Wildman–Crippen MR) is 77.4 cm³/mol. The van der Waals surface area contributed by atoms with E-state index >= 15 is 0 Å². The van der Waals surface area contributed by atoms with E-state index < -0.39 is 0 Å². The summed E-state index contributed by atoms with van der Waals surface area (Å²) >= 11 is 3.57. The van der Waals surface area contributed by atoms with Crippen LogP contribution in [0.1, 0.15) is 25.3 Å². The SMILES string of the molecule is CC1CCCN(c2ccc(C#N)cc2Br)C1CN. The number of hydrogen-bond acceptors (Lipinski definition) is 3. The van der Waals surface area contributed by atoms with Crippen molar-refractivity contribution in [3.8, 4) is 6.07 Å². The summed E-state index contributed by atoms with van der Waals surface area (Å²) in [6.07, 6.45) is 2.44. The third kappa shape index (κ3) is 2.52. The third-order valence-electron chi connectivity index (χ3n) is 3.74. The van der Waals surface area contributed by atoms with Gasteiger partial charge in [-0.15, -0.1) is 0 Å². The molecular formula is C14H18BrN3. The summed E-state index contributed by atoms with van der Waals surface area (Å²) in [4.78, 5) is 2.37. The first-order valence-corrected chi connectivity index (χ1v) is 7.13. The molecule has 2 N–H and O–H groups in total. The molecule has 2 unspecified atom stereocenters. The Hall–Kier alpha value is -1.05. The van der Waals surface area contributed by atoms with Crippen LogP contribution in [0, 0.1) is 17.2 Å². The zero-order valence-electron chi connectivity index (χ0n) is 10.6. The first-order chi connectivity index (χ1) is 8.67. The zero-order chi connectivity index (χ0) is 13.1.